The normalized spacial score (nSPS) is 10.6. The van der Waals surface area contributed by atoms with Gasteiger partial charge in [-0.15, -0.1) is 0 Å². The fraction of sp³-hybridized carbons (Fsp3) is 0.615. The summed E-state index contributed by atoms with van der Waals surface area (Å²) in [5.41, 5.74) is 6.92. The highest BCUT2D eigenvalue weighted by atomic mass is 14.7. The van der Waals surface area contributed by atoms with Gasteiger partial charge in [-0.1, -0.05) is 20.8 Å². The number of aryl methyl sites for hydroxylation is 2. The van der Waals surface area contributed by atoms with Crippen LogP contribution in [0.1, 0.15) is 48.8 Å². The molecule has 1 heteroatoms. The molecule has 0 spiro atoms. The van der Waals surface area contributed by atoms with Crippen molar-refractivity contribution >= 4 is 0 Å². The molecule has 0 bridgehead atoms. The van der Waals surface area contributed by atoms with Crippen LogP contribution >= 0.6 is 0 Å². The van der Waals surface area contributed by atoms with Crippen molar-refractivity contribution in [3.63, 3.8) is 0 Å². The van der Waals surface area contributed by atoms with Gasteiger partial charge in [-0.2, -0.15) is 0 Å². The lowest BCUT2D eigenvalue weighted by Gasteiger charge is -2.16. The molecule has 1 aromatic rings. The zero-order valence-electron chi connectivity index (χ0n) is 10.1. The van der Waals surface area contributed by atoms with E-state index in [0.717, 1.165) is 19.3 Å². The van der Waals surface area contributed by atoms with Crippen LogP contribution in [-0.2, 0) is 19.3 Å². The Hall–Kier alpha value is -0.850. The van der Waals surface area contributed by atoms with Gasteiger partial charge in [0.05, 0.1) is 0 Å². The molecule has 0 N–H and O–H groups in total. The second-order valence-corrected chi connectivity index (χ2v) is 3.78. The summed E-state index contributed by atoms with van der Waals surface area (Å²) in [5.74, 6) is 0. The van der Waals surface area contributed by atoms with Gasteiger partial charge in [0.2, 0.25) is 0 Å². The van der Waals surface area contributed by atoms with Crippen molar-refractivity contribution in [3.05, 3.63) is 28.1 Å². The zero-order chi connectivity index (χ0) is 10.7. The van der Waals surface area contributed by atoms with Crippen molar-refractivity contribution in [2.75, 3.05) is 0 Å². The first-order chi connectivity index (χ1) is 6.65. The number of aromatic nitrogens is 1. The van der Waals surface area contributed by atoms with Crippen molar-refractivity contribution in [2.24, 2.45) is 0 Å². The molecular weight excluding hydrogens is 170 g/mol. The van der Waals surface area contributed by atoms with Crippen LogP contribution in [0, 0.1) is 13.8 Å². The number of rotatable bonds is 3. The molecule has 78 valence electrons. The fourth-order valence-electron chi connectivity index (χ4n) is 2.37. The Bertz CT molecular complexity index is 298. The van der Waals surface area contributed by atoms with Crippen molar-refractivity contribution < 1.29 is 0 Å². The number of hydrogen-bond acceptors (Lipinski definition) is 1. The van der Waals surface area contributed by atoms with E-state index >= 15 is 0 Å². The van der Waals surface area contributed by atoms with Crippen LogP contribution in [-0.4, -0.2) is 4.98 Å². The SMILES string of the molecule is CCc1c(C)nc(C)c(CC)c1CC. The second kappa shape index (κ2) is 4.59. The summed E-state index contributed by atoms with van der Waals surface area (Å²) in [6.07, 6.45) is 3.35. The van der Waals surface area contributed by atoms with Crippen LogP contribution in [0.25, 0.3) is 0 Å². The lowest BCUT2D eigenvalue weighted by atomic mass is 9.94. The minimum absolute atomic E-state index is 1.11. The lowest BCUT2D eigenvalue weighted by molar-refractivity contribution is 0.905. The molecule has 0 aliphatic carbocycles. The third kappa shape index (κ3) is 1.82. The fourth-order valence-corrected chi connectivity index (χ4v) is 2.37. The molecule has 1 aromatic heterocycles. The molecule has 0 aliphatic heterocycles. The monoisotopic (exact) mass is 191 g/mol. The second-order valence-electron chi connectivity index (χ2n) is 3.78. The summed E-state index contributed by atoms with van der Waals surface area (Å²) >= 11 is 0. The van der Waals surface area contributed by atoms with E-state index in [0.29, 0.717) is 0 Å². The highest BCUT2D eigenvalue weighted by Gasteiger charge is 2.11. The third-order valence-corrected chi connectivity index (χ3v) is 3.00. The third-order valence-electron chi connectivity index (χ3n) is 3.00. The molecule has 1 nitrogen and oxygen atoms in total. The van der Waals surface area contributed by atoms with Crippen LogP contribution in [0.5, 0.6) is 0 Å². The molecule has 0 aromatic carbocycles. The quantitative estimate of drug-likeness (QED) is 0.713. The summed E-state index contributed by atoms with van der Waals surface area (Å²) in [4.78, 5) is 4.62. The summed E-state index contributed by atoms with van der Waals surface area (Å²) in [5, 5.41) is 0. The number of pyridine rings is 1. The Kier molecular flexibility index (Phi) is 3.68. The lowest BCUT2D eigenvalue weighted by Crippen LogP contribution is -2.06. The molecule has 0 unspecified atom stereocenters. The molecular formula is C13H21N. The molecule has 0 fully saturated rings. The highest BCUT2D eigenvalue weighted by Crippen LogP contribution is 2.21. The predicted molar refractivity (Wildman–Crippen MR) is 61.8 cm³/mol. The Morgan fingerprint density at radius 1 is 0.714 bits per heavy atom. The van der Waals surface area contributed by atoms with E-state index < -0.39 is 0 Å². The molecule has 0 aliphatic rings. The van der Waals surface area contributed by atoms with Crippen LogP contribution in [0.15, 0.2) is 0 Å². The van der Waals surface area contributed by atoms with E-state index in [1.165, 1.54) is 22.5 Å². The standard InChI is InChI=1S/C13H21N/c1-6-11-9(4)14-10(5)12(7-2)13(11)8-3/h6-8H2,1-5H3. The first-order valence-electron chi connectivity index (χ1n) is 5.63. The van der Waals surface area contributed by atoms with Gasteiger partial charge in [-0.05, 0) is 49.8 Å². The number of hydrogen-bond donors (Lipinski definition) is 0. The van der Waals surface area contributed by atoms with E-state index in [4.69, 9.17) is 0 Å². The van der Waals surface area contributed by atoms with Crippen LogP contribution < -0.4 is 0 Å². The van der Waals surface area contributed by atoms with Crippen LogP contribution in [0.2, 0.25) is 0 Å². The van der Waals surface area contributed by atoms with Gasteiger partial charge < -0.3 is 0 Å². The summed E-state index contributed by atoms with van der Waals surface area (Å²) in [7, 11) is 0. The van der Waals surface area contributed by atoms with Gasteiger partial charge in [-0.3, -0.25) is 4.98 Å². The largest absolute Gasteiger partial charge is 0.258 e. The molecule has 0 amide bonds. The van der Waals surface area contributed by atoms with Crippen LogP contribution in [0.4, 0.5) is 0 Å². The zero-order valence-corrected chi connectivity index (χ0v) is 10.1. The molecule has 14 heavy (non-hydrogen) atoms. The molecule has 1 rings (SSSR count). The average molecular weight is 191 g/mol. The summed E-state index contributed by atoms with van der Waals surface area (Å²) in [6.45, 7) is 10.9. The molecule has 0 saturated carbocycles. The summed E-state index contributed by atoms with van der Waals surface area (Å²) < 4.78 is 0. The van der Waals surface area contributed by atoms with E-state index in [2.05, 4.69) is 39.6 Å². The average Bonchev–Trinajstić information content (AvgIpc) is 2.16. The molecule has 0 atom stereocenters. The van der Waals surface area contributed by atoms with Gasteiger partial charge in [0.15, 0.2) is 0 Å². The van der Waals surface area contributed by atoms with Crippen molar-refractivity contribution in [2.45, 2.75) is 53.9 Å². The van der Waals surface area contributed by atoms with Gasteiger partial charge >= 0.3 is 0 Å². The van der Waals surface area contributed by atoms with E-state index in [-0.39, 0.29) is 0 Å². The Morgan fingerprint density at radius 3 is 1.36 bits per heavy atom. The topological polar surface area (TPSA) is 12.9 Å². The van der Waals surface area contributed by atoms with Gasteiger partial charge in [-0.25, -0.2) is 0 Å². The molecule has 0 saturated heterocycles. The first kappa shape index (κ1) is 11.2. The van der Waals surface area contributed by atoms with Gasteiger partial charge in [0, 0.05) is 11.4 Å². The van der Waals surface area contributed by atoms with Crippen molar-refractivity contribution in [3.8, 4) is 0 Å². The molecule has 1 heterocycles. The minimum Gasteiger partial charge on any atom is -0.258 e. The maximum absolute atomic E-state index is 4.62. The van der Waals surface area contributed by atoms with Crippen molar-refractivity contribution in [1.29, 1.82) is 0 Å². The molecule has 0 radical (unpaired) electrons. The minimum atomic E-state index is 1.11. The maximum Gasteiger partial charge on any atom is 0.0410 e. The summed E-state index contributed by atoms with van der Waals surface area (Å²) in [6, 6.07) is 0. The Labute approximate surface area is 87.6 Å². The Balaban J connectivity index is 3.43. The smallest absolute Gasteiger partial charge is 0.0410 e. The van der Waals surface area contributed by atoms with Crippen LogP contribution in [0.3, 0.4) is 0 Å². The van der Waals surface area contributed by atoms with Crippen molar-refractivity contribution in [1.82, 2.24) is 4.98 Å². The first-order valence-corrected chi connectivity index (χ1v) is 5.63. The van der Waals surface area contributed by atoms with Gasteiger partial charge in [0.25, 0.3) is 0 Å². The van der Waals surface area contributed by atoms with E-state index in [1.54, 1.807) is 5.56 Å². The Morgan fingerprint density at radius 2 is 1.07 bits per heavy atom. The van der Waals surface area contributed by atoms with Gasteiger partial charge in [0.1, 0.15) is 0 Å². The highest BCUT2D eigenvalue weighted by molar-refractivity contribution is 5.40. The number of nitrogens with zero attached hydrogens (tertiary/aromatic N) is 1. The predicted octanol–water partition coefficient (Wildman–Crippen LogP) is 3.39. The van der Waals surface area contributed by atoms with E-state index in [9.17, 15) is 0 Å². The van der Waals surface area contributed by atoms with E-state index in [1.807, 2.05) is 0 Å². The maximum atomic E-state index is 4.62.